The number of carboxylic acid groups (broad SMARTS) is 2. The van der Waals surface area contributed by atoms with Crippen LogP contribution in [0.4, 0.5) is 13.6 Å². The van der Waals surface area contributed by atoms with Crippen LogP contribution in [0.25, 0.3) is 0 Å². The van der Waals surface area contributed by atoms with Crippen molar-refractivity contribution in [3.8, 4) is 0 Å². The molecule has 1 saturated heterocycles. The predicted octanol–water partition coefficient (Wildman–Crippen LogP) is 0.984. The van der Waals surface area contributed by atoms with Crippen molar-refractivity contribution >= 4 is 12.1 Å². The molecule has 2 aliphatic rings. The van der Waals surface area contributed by atoms with Crippen molar-refractivity contribution in [2.45, 2.75) is 18.9 Å². The smallest absolute Gasteiger partial charge is 0.450 e. The van der Waals surface area contributed by atoms with Crippen LogP contribution in [0.15, 0.2) is 6.07 Å². The van der Waals surface area contributed by atoms with Crippen molar-refractivity contribution in [2.75, 3.05) is 19.6 Å². The minimum atomic E-state index is -2.71. The van der Waals surface area contributed by atoms with Crippen LogP contribution in [0.1, 0.15) is 21.7 Å². The molecular weight excluding hydrogens is 300 g/mol. The molecule has 0 radical (unpaired) electrons. The number of rotatable bonds is 1. The summed E-state index contributed by atoms with van der Waals surface area (Å²) in [5.41, 5.74) is 2.74. The minimum absolute atomic E-state index is 0.294. The zero-order chi connectivity index (χ0) is 16.5. The molecule has 0 aromatic carbocycles. The Kier molecular flexibility index (Phi) is 4.36. The van der Waals surface area contributed by atoms with Gasteiger partial charge in [-0.3, -0.25) is 4.79 Å². The van der Waals surface area contributed by atoms with E-state index in [-0.39, 0.29) is 5.91 Å². The summed E-state index contributed by atoms with van der Waals surface area (Å²) >= 11 is 0. The van der Waals surface area contributed by atoms with Crippen molar-refractivity contribution in [1.29, 1.82) is 0 Å². The molecule has 3 N–H and O–H groups in total. The van der Waals surface area contributed by atoms with Gasteiger partial charge < -0.3 is 25.0 Å². The summed E-state index contributed by atoms with van der Waals surface area (Å²) < 4.78 is 27.4. The van der Waals surface area contributed by atoms with Gasteiger partial charge in [0.05, 0.1) is 13.1 Å². The fourth-order valence-electron chi connectivity index (χ4n) is 2.61. The molecule has 1 aromatic heterocycles. The Morgan fingerprint density at radius 1 is 1.32 bits per heavy atom. The largest absolute Gasteiger partial charge is 0.503 e. The topological polar surface area (TPSA) is 94.8 Å². The maximum atomic E-state index is 12.8. The SMILES string of the molecule is Cn1c(C(=O)N2CC(F)(F)C2)cc2c1CNCC2.O=C(O)O. The van der Waals surface area contributed by atoms with Crippen LogP contribution in [-0.2, 0) is 20.0 Å². The Labute approximate surface area is 125 Å². The van der Waals surface area contributed by atoms with Gasteiger partial charge in [0, 0.05) is 19.3 Å². The Hall–Kier alpha value is -2.16. The molecule has 22 heavy (non-hydrogen) atoms. The second-order valence-corrected chi connectivity index (χ2v) is 5.29. The quantitative estimate of drug-likeness (QED) is 0.718. The molecule has 0 unspecified atom stereocenters. The lowest BCUT2D eigenvalue weighted by Crippen LogP contribution is -2.58. The second-order valence-electron chi connectivity index (χ2n) is 5.29. The molecule has 3 rings (SSSR count). The number of halogens is 2. The van der Waals surface area contributed by atoms with Gasteiger partial charge in [-0.25, -0.2) is 13.6 Å². The van der Waals surface area contributed by atoms with Crippen LogP contribution in [0.2, 0.25) is 0 Å². The number of carbonyl (C=O) groups is 2. The second kappa shape index (κ2) is 5.91. The van der Waals surface area contributed by atoms with Gasteiger partial charge in [0.2, 0.25) is 0 Å². The predicted molar refractivity (Wildman–Crippen MR) is 72.3 cm³/mol. The first-order valence-corrected chi connectivity index (χ1v) is 6.68. The summed E-state index contributed by atoms with van der Waals surface area (Å²) in [6.45, 7) is 0.710. The maximum absolute atomic E-state index is 12.8. The third kappa shape index (κ3) is 3.35. The van der Waals surface area contributed by atoms with Crippen molar-refractivity contribution in [2.24, 2.45) is 7.05 Å². The van der Waals surface area contributed by atoms with E-state index in [0.29, 0.717) is 5.69 Å². The van der Waals surface area contributed by atoms with E-state index in [1.807, 2.05) is 17.7 Å². The molecule has 3 heterocycles. The normalized spacial score (nSPS) is 18.6. The highest BCUT2D eigenvalue weighted by Crippen LogP contribution is 2.29. The van der Waals surface area contributed by atoms with Crippen LogP contribution in [0, 0.1) is 0 Å². The molecule has 0 aliphatic carbocycles. The lowest BCUT2D eigenvalue weighted by atomic mass is 10.1. The summed E-state index contributed by atoms with van der Waals surface area (Å²) in [6.07, 6.45) is -0.952. The molecule has 0 atom stereocenters. The minimum Gasteiger partial charge on any atom is -0.450 e. The first kappa shape index (κ1) is 16.2. The molecule has 9 heteroatoms. The van der Waals surface area contributed by atoms with Crippen LogP contribution in [0.5, 0.6) is 0 Å². The van der Waals surface area contributed by atoms with Crippen molar-refractivity contribution in [3.63, 3.8) is 0 Å². The molecule has 0 saturated carbocycles. The van der Waals surface area contributed by atoms with Crippen LogP contribution in [-0.4, -0.2) is 57.3 Å². The van der Waals surface area contributed by atoms with E-state index in [2.05, 4.69) is 5.32 Å². The average molecular weight is 317 g/mol. The van der Waals surface area contributed by atoms with E-state index in [0.717, 1.165) is 30.8 Å². The van der Waals surface area contributed by atoms with Crippen LogP contribution >= 0.6 is 0 Å². The molecule has 7 nitrogen and oxygen atoms in total. The zero-order valence-electron chi connectivity index (χ0n) is 12.0. The third-order valence-electron chi connectivity index (χ3n) is 3.66. The van der Waals surface area contributed by atoms with Gasteiger partial charge in [0.25, 0.3) is 11.8 Å². The lowest BCUT2D eigenvalue weighted by Gasteiger charge is -2.38. The molecule has 2 aliphatic heterocycles. The van der Waals surface area contributed by atoms with E-state index >= 15 is 0 Å². The molecular formula is C13H17F2N3O4. The number of nitrogens with one attached hydrogen (secondary N) is 1. The lowest BCUT2D eigenvalue weighted by molar-refractivity contribution is -0.113. The Bertz CT molecular complexity index is 588. The van der Waals surface area contributed by atoms with E-state index in [1.165, 1.54) is 4.90 Å². The third-order valence-corrected chi connectivity index (χ3v) is 3.66. The number of amides is 1. The fraction of sp³-hybridized carbons (Fsp3) is 0.538. The summed E-state index contributed by atoms with van der Waals surface area (Å²) in [7, 11) is 1.82. The number of hydrogen-bond donors (Lipinski definition) is 3. The monoisotopic (exact) mass is 317 g/mol. The van der Waals surface area contributed by atoms with E-state index in [9.17, 15) is 13.6 Å². The average Bonchev–Trinajstić information content (AvgIpc) is 2.72. The number of alkyl halides is 2. The van der Waals surface area contributed by atoms with Gasteiger partial charge in [-0.2, -0.15) is 0 Å². The van der Waals surface area contributed by atoms with Crippen LogP contribution in [0.3, 0.4) is 0 Å². The van der Waals surface area contributed by atoms with Gasteiger partial charge in [-0.15, -0.1) is 0 Å². The molecule has 0 bridgehead atoms. The Morgan fingerprint density at radius 2 is 1.91 bits per heavy atom. The fourth-order valence-corrected chi connectivity index (χ4v) is 2.61. The number of aromatic nitrogens is 1. The number of hydrogen-bond acceptors (Lipinski definition) is 3. The number of carbonyl (C=O) groups excluding carboxylic acids is 1. The summed E-state index contributed by atoms with van der Waals surface area (Å²) in [6, 6.07) is 1.84. The highest BCUT2D eigenvalue weighted by atomic mass is 19.3. The first-order valence-electron chi connectivity index (χ1n) is 6.68. The van der Waals surface area contributed by atoms with Crippen molar-refractivity contribution < 1.29 is 28.6 Å². The van der Waals surface area contributed by atoms with Gasteiger partial charge in [-0.05, 0) is 24.6 Å². The van der Waals surface area contributed by atoms with E-state index in [1.54, 1.807) is 0 Å². The molecule has 122 valence electrons. The number of nitrogens with zero attached hydrogens (tertiary/aromatic N) is 2. The number of likely N-dealkylation sites (tertiary alicyclic amines) is 1. The van der Waals surface area contributed by atoms with Gasteiger partial charge in [0.15, 0.2) is 0 Å². The zero-order valence-corrected chi connectivity index (χ0v) is 12.0. The van der Waals surface area contributed by atoms with E-state index in [4.69, 9.17) is 15.0 Å². The van der Waals surface area contributed by atoms with Crippen LogP contribution < -0.4 is 5.32 Å². The Morgan fingerprint density at radius 3 is 2.41 bits per heavy atom. The van der Waals surface area contributed by atoms with Crippen molar-refractivity contribution in [3.05, 3.63) is 23.0 Å². The van der Waals surface area contributed by atoms with E-state index < -0.39 is 25.2 Å². The maximum Gasteiger partial charge on any atom is 0.503 e. The highest BCUT2D eigenvalue weighted by molar-refractivity contribution is 5.94. The molecule has 1 amide bonds. The summed E-state index contributed by atoms with van der Waals surface area (Å²) in [5, 5.41) is 17.2. The molecule has 1 fully saturated rings. The van der Waals surface area contributed by atoms with Gasteiger partial charge in [0.1, 0.15) is 5.69 Å². The molecule has 1 aromatic rings. The first-order chi connectivity index (χ1) is 10.2. The summed E-state index contributed by atoms with van der Waals surface area (Å²) in [5.74, 6) is -3.00. The van der Waals surface area contributed by atoms with Gasteiger partial charge in [-0.1, -0.05) is 0 Å². The highest BCUT2D eigenvalue weighted by Gasteiger charge is 2.47. The molecule has 0 spiro atoms. The summed E-state index contributed by atoms with van der Waals surface area (Å²) in [4.78, 5) is 21.9. The standard InChI is InChI=1S/C12H15F2N3O.CH2O3/c1-16-9(4-8-2-3-15-5-10(8)16)11(18)17-6-12(13,14)7-17;2-1(3)4/h4,15H,2-3,5-7H2,1H3;(H2,2,3,4). The number of fused-ring (bicyclic) bond motifs is 1. The Balaban J connectivity index is 0.000000396. The van der Waals surface area contributed by atoms with Gasteiger partial charge >= 0.3 is 6.16 Å². The van der Waals surface area contributed by atoms with Crippen molar-refractivity contribution in [1.82, 2.24) is 14.8 Å².